The van der Waals surface area contributed by atoms with E-state index in [1.807, 2.05) is 12.1 Å². The van der Waals surface area contributed by atoms with E-state index in [1.165, 1.54) is 31.2 Å². The number of hydrogen-bond acceptors (Lipinski definition) is 4. The second kappa shape index (κ2) is 9.92. The van der Waals surface area contributed by atoms with Crippen molar-refractivity contribution in [2.24, 2.45) is 0 Å². The van der Waals surface area contributed by atoms with Gasteiger partial charge in [0.15, 0.2) is 0 Å². The summed E-state index contributed by atoms with van der Waals surface area (Å²) in [5, 5.41) is 6.50. The molecule has 5 heteroatoms. The average molecular weight is 353 g/mol. The van der Waals surface area contributed by atoms with E-state index in [-0.39, 0.29) is 5.91 Å². The smallest absolute Gasteiger partial charge is 0.252 e. The number of amides is 1. The molecule has 1 aliphatic carbocycles. The fourth-order valence-electron chi connectivity index (χ4n) is 3.20. The largest absolute Gasteiger partial charge is 0.494 e. The molecule has 3 rings (SSSR count). The van der Waals surface area contributed by atoms with Gasteiger partial charge in [0.1, 0.15) is 5.75 Å². The van der Waals surface area contributed by atoms with E-state index in [1.54, 1.807) is 24.5 Å². The number of carbonyl (C=O) groups excluding carboxylic acids is 1. The van der Waals surface area contributed by atoms with E-state index in [2.05, 4.69) is 27.8 Å². The van der Waals surface area contributed by atoms with Crippen molar-refractivity contribution in [2.45, 2.75) is 44.7 Å². The van der Waals surface area contributed by atoms with E-state index in [0.29, 0.717) is 24.8 Å². The second-order valence-corrected chi connectivity index (χ2v) is 6.71. The highest BCUT2D eigenvalue weighted by Crippen LogP contribution is 2.19. The van der Waals surface area contributed by atoms with Crippen LogP contribution in [0.1, 0.15) is 48.0 Å². The van der Waals surface area contributed by atoms with Gasteiger partial charge in [0.2, 0.25) is 0 Å². The molecule has 0 radical (unpaired) electrons. The summed E-state index contributed by atoms with van der Waals surface area (Å²) >= 11 is 0. The van der Waals surface area contributed by atoms with Crippen molar-refractivity contribution in [3.63, 3.8) is 0 Å². The highest BCUT2D eigenvalue weighted by Gasteiger charge is 2.13. The van der Waals surface area contributed by atoms with Gasteiger partial charge >= 0.3 is 0 Å². The van der Waals surface area contributed by atoms with Gasteiger partial charge in [0.05, 0.1) is 12.2 Å². The summed E-state index contributed by atoms with van der Waals surface area (Å²) in [5.41, 5.74) is 1.83. The zero-order chi connectivity index (χ0) is 18.0. The number of nitrogens with one attached hydrogen (secondary N) is 2. The van der Waals surface area contributed by atoms with Crippen LogP contribution < -0.4 is 15.4 Å². The molecule has 2 aromatic rings. The molecule has 0 saturated heterocycles. The molecule has 1 aliphatic rings. The maximum atomic E-state index is 11.9. The van der Waals surface area contributed by atoms with Crippen molar-refractivity contribution in [1.29, 1.82) is 0 Å². The predicted molar refractivity (Wildman–Crippen MR) is 102 cm³/mol. The number of benzene rings is 1. The molecule has 138 valence electrons. The molecule has 1 saturated carbocycles. The number of aromatic nitrogens is 1. The summed E-state index contributed by atoms with van der Waals surface area (Å²) < 4.78 is 5.81. The van der Waals surface area contributed by atoms with Crippen LogP contribution in [0.3, 0.4) is 0 Å². The van der Waals surface area contributed by atoms with Crippen molar-refractivity contribution in [3.05, 3.63) is 59.9 Å². The Bertz CT molecular complexity index is 685. The van der Waals surface area contributed by atoms with Gasteiger partial charge in [-0.25, -0.2) is 0 Å². The van der Waals surface area contributed by atoms with Crippen molar-refractivity contribution in [3.8, 4) is 5.75 Å². The van der Waals surface area contributed by atoms with Gasteiger partial charge in [0.25, 0.3) is 5.91 Å². The quantitative estimate of drug-likeness (QED) is 0.679. The maximum absolute atomic E-state index is 11.9. The lowest BCUT2D eigenvalue weighted by Crippen LogP contribution is -2.25. The third-order valence-electron chi connectivity index (χ3n) is 4.65. The molecule has 1 aromatic heterocycles. The summed E-state index contributed by atoms with van der Waals surface area (Å²) in [4.78, 5) is 15.9. The predicted octanol–water partition coefficient (Wildman–Crippen LogP) is 3.31. The maximum Gasteiger partial charge on any atom is 0.252 e. The number of hydrogen-bond donors (Lipinski definition) is 2. The zero-order valence-corrected chi connectivity index (χ0v) is 15.1. The molecule has 1 heterocycles. The highest BCUT2D eigenvalue weighted by molar-refractivity contribution is 5.93. The Balaban J connectivity index is 1.34. The molecular formula is C21H27N3O2. The molecule has 0 bridgehead atoms. The summed E-state index contributed by atoms with van der Waals surface area (Å²) in [6, 6.07) is 12.4. The van der Waals surface area contributed by atoms with Crippen LogP contribution in [0, 0.1) is 0 Å². The monoisotopic (exact) mass is 353 g/mol. The Morgan fingerprint density at radius 1 is 1.19 bits per heavy atom. The Hall–Kier alpha value is -2.40. The van der Waals surface area contributed by atoms with Crippen LogP contribution in [0.15, 0.2) is 48.8 Å². The lowest BCUT2D eigenvalue weighted by atomic mass is 10.2. The van der Waals surface area contributed by atoms with E-state index >= 15 is 0 Å². The highest BCUT2D eigenvalue weighted by atomic mass is 16.5. The van der Waals surface area contributed by atoms with Gasteiger partial charge in [-0.2, -0.15) is 0 Å². The Morgan fingerprint density at radius 3 is 2.88 bits per heavy atom. The normalized spacial score (nSPS) is 14.3. The first-order valence-corrected chi connectivity index (χ1v) is 9.44. The van der Waals surface area contributed by atoms with Crippen LogP contribution in [-0.4, -0.2) is 30.1 Å². The minimum Gasteiger partial charge on any atom is -0.494 e. The Morgan fingerprint density at radius 2 is 2.08 bits per heavy atom. The molecule has 0 spiro atoms. The van der Waals surface area contributed by atoms with Crippen LogP contribution in [0.2, 0.25) is 0 Å². The van der Waals surface area contributed by atoms with Crippen molar-refractivity contribution in [2.75, 3.05) is 13.2 Å². The van der Waals surface area contributed by atoms with Crippen molar-refractivity contribution < 1.29 is 9.53 Å². The van der Waals surface area contributed by atoms with Gasteiger partial charge in [-0.1, -0.05) is 25.0 Å². The molecule has 0 aliphatic heterocycles. The van der Waals surface area contributed by atoms with E-state index in [0.717, 1.165) is 18.7 Å². The molecule has 5 nitrogen and oxygen atoms in total. The first-order valence-electron chi connectivity index (χ1n) is 9.44. The standard InChI is InChI=1S/C21H27N3O2/c25-21(18-7-4-11-22-16-18)23-12-5-13-26-20-10-3-6-17(14-20)15-24-19-8-1-2-9-19/h3-4,6-7,10-11,14,16,19,24H,1-2,5,8-9,12-13,15H2,(H,23,25). The van der Waals surface area contributed by atoms with Crippen LogP contribution in [0.25, 0.3) is 0 Å². The van der Waals surface area contributed by atoms with Gasteiger partial charge < -0.3 is 15.4 Å². The molecule has 26 heavy (non-hydrogen) atoms. The van der Waals surface area contributed by atoms with Gasteiger partial charge in [-0.15, -0.1) is 0 Å². The fourth-order valence-corrected chi connectivity index (χ4v) is 3.20. The third-order valence-corrected chi connectivity index (χ3v) is 4.65. The molecular weight excluding hydrogens is 326 g/mol. The number of ether oxygens (including phenoxy) is 1. The fraction of sp³-hybridized carbons (Fsp3) is 0.429. The van der Waals surface area contributed by atoms with Crippen LogP contribution in [0.5, 0.6) is 5.75 Å². The van der Waals surface area contributed by atoms with Crippen LogP contribution >= 0.6 is 0 Å². The number of carbonyl (C=O) groups is 1. The summed E-state index contributed by atoms with van der Waals surface area (Å²) in [5.74, 6) is 0.785. The molecule has 0 atom stereocenters. The minimum absolute atomic E-state index is 0.0990. The topological polar surface area (TPSA) is 63.2 Å². The van der Waals surface area contributed by atoms with Crippen LogP contribution in [0.4, 0.5) is 0 Å². The molecule has 1 amide bonds. The Kier molecular flexibility index (Phi) is 7.02. The Labute approximate surface area is 155 Å². The second-order valence-electron chi connectivity index (χ2n) is 6.71. The van der Waals surface area contributed by atoms with E-state index in [9.17, 15) is 4.79 Å². The van der Waals surface area contributed by atoms with Crippen LogP contribution in [-0.2, 0) is 6.54 Å². The first kappa shape index (κ1) is 18.4. The molecule has 2 N–H and O–H groups in total. The number of rotatable bonds is 9. The van der Waals surface area contributed by atoms with Gasteiger partial charge in [0, 0.05) is 31.5 Å². The van der Waals surface area contributed by atoms with Gasteiger partial charge in [-0.05, 0) is 49.1 Å². The molecule has 1 aromatic carbocycles. The summed E-state index contributed by atoms with van der Waals surface area (Å²) in [6.45, 7) is 2.05. The van der Waals surface area contributed by atoms with Crippen molar-refractivity contribution >= 4 is 5.91 Å². The number of pyridine rings is 1. The molecule has 1 fully saturated rings. The summed E-state index contributed by atoms with van der Waals surface area (Å²) in [6.07, 6.45) is 9.26. The van der Waals surface area contributed by atoms with Gasteiger partial charge in [-0.3, -0.25) is 9.78 Å². The lowest BCUT2D eigenvalue weighted by Gasteiger charge is -2.13. The minimum atomic E-state index is -0.0990. The summed E-state index contributed by atoms with van der Waals surface area (Å²) in [7, 11) is 0. The van der Waals surface area contributed by atoms with E-state index in [4.69, 9.17) is 4.74 Å². The van der Waals surface area contributed by atoms with Crippen molar-refractivity contribution in [1.82, 2.24) is 15.6 Å². The number of nitrogens with zero attached hydrogens (tertiary/aromatic N) is 1. The lowest BCUT2D eigenvalue weighted by molar-refractivity contribution is 0.0951. The third kappa shape index (κ3) is 5.85. The van der Waals surface area contributed by atoms with E-state index < -0.39 is 0 Å². The molecule has 0 unspecified atom stereocenters. The average Bonchev–Trinajstić information content (AvgIpc) is 3.21. The first-order chi connectivity index (χ1) is 12.8. The SMILES string of the molecule is O=C(NCCCOc1cccc(CNC2CCCC2)c1)c1cccnc1. The zero-order valence-electron chi connectivity index (χ0n) is 15.1.